The molecule has 1 saturated carbocycles. The predicted octanol–water partition coefficient (Wildman–Crippen LogP) is 5.86. The van der Waals surface area contributed by atoms with Crippen molar-refractivity contribution in [2.75, 3.05) is 39.1 Å². The third-order valence-electron chi connectivity index (χ3n) is 5.84. The van der Waals surface area contributed by atoms with Crippen LogP contribution in [-0.2, 0) is 19.8 Å². The number of aromatic amines is 1. The second-order valence-electron chi connectivity index (χ2n) is 8.56. The first-order valence-corrected chi connectivity index (χ1v) is 13.9. The number of rotatable bonds is 7. The van der Waals surface area contributed by atoms with Crippen LogP contribution in [0.5, 0.6) is 0 Å². The molecule has 0 bridgehead atoms. The van der Waals surface area contributed by atoms with Gasteiger partial charge >= 0.3 is 7.60 Å². The lowest BCUT2D eigenvalue weighted by Gasteiger charge is -2.24. The van der Waals surface area contributed by atoms with E-state index in [1.165, 1.54) is 51.5 Å². The first-order chi connectivity index (χ1) is 16.5. The van der Waals surface area contributed by atoms with Crippen LogP contribution in [0.2, 0.25) is 0 Å². The monoisotopic (exact) mass is 487 g/mol. The van der Waals surface area contributed by atoms with Gasteiger partial charge in [-0.1, -0.05) is 49.9 Å². The Morgan fingerprint density at radius 3 is 2.24 bits per heavy atom. The number of hydrogen-bond acceptors (Lipinski definition) is 7. The first-order valence-electron chi connectivity index (χ1n) is 12.2. The number of aromatic nitrogens is 3. The van der Waals surface area contributed by atoms with E-state index in [1.807, 2.05) is 30.5 Å². The molecule has 0 unspecified atom stereocenters. The summed E-state index contributed by atoms with van der Waals surface area (Å²) >= 11 is 0. The lowest BCUT2D eigenvalue weighted by molar-refractivity contribution is 0.219. The SMILES string of the molecule is C1CCC1.CCOP(=O)(Cc1cccc(-c2c[nH]c3ncnc(N)c23)c1)OCC.CN1CCC1. The van der Waals surface area contributed by atoms with Crippen molar-refractivity contribution < 1.29 is 13.6 Å². The van der Waals surface area contributed by atoms with E-state index in [9.17, 15) is 4.57 Å². The highest BCUT2D eigenvalue weighted by Crippen LogP contribution is 2.51. The maximum Gasteiger partial charge on any atom is 0.335 e. The molecule has 186 valence electrons. The van der Waals surface area contributed by atoms with Crippen molar-refractivity contribution in [2.24, 2.45) is 0 Å². The molecule has 3 aromatic rings. The Kier molecular flexibility index (Phi) is 10.1. The quantitative estimate of drug-likeness (QED) is 0.402. The van der Waals surface area contributed by atoms with Gasteiger partial charge in [-0.2, -0.15) is 0 Å². The minimum Gasteiger partial charge on any atom is -0.383 e. The molecule has 2 fully saturated rings. The molecule has 0 amide bonds. The Balaban J connectivity index is 0.000000298. The summed E-state index contributed by atoms with van der Waals surface area (Å²) in [4.78, 5) is 13.7. The fraction of sp³-hybridized carbons (Fsp3) is 0.520. The van der Waals surface area contributed by atoms with Crippen LogP contribution in [0.4, 0.5) is 5.82 Å². The minimum absolute atomic E-state index is 0.219. The van der Waals surface area contributed by atoms with Crippen LogP contribution in [-0.4, -0.2) is 53.2 Å². The average Bonchev–Trinajstić information content (AvgIpc) is 3.17. The second-order valence-corrected chi connectivity index (χ2v) is 10.6. The summed E-state index contributed by atoms with van der Waals surface area (Å²) in [5, 5.41) is 0.775. The third-order valence-corrected chi connectivity index (χ3v) is 7.90. The van der Waals surface area contributed by atoms with Crippen molar-refractivity contribution >= 4 is 24.4 Å². The largest absolute Gasteiger partial charge is 0.383 e. The summed E-state index contributed by atoms with van der Waals surface area (Å²) in [6.45, 7) is 6.92. The Labute approximate surface area is 202 Å². The zero-order valence-corrected chi connectivity index (χ0v) is 21.5. The molecule has 0 radical (unpaired) electrons. The molecule has 2 aromatic heterocycles. The van der Waals surface area contributed by atoms with Gasteiger partial charge in [0.05, 0.1) is 24.8 Å². The standard InChI is InChI=1S/C17H21N4O3P.C4H9N.C4H8/c1-3-23-25(22,24-4-2)10-12-6-5-7-13(8-12)14-9-19-17-15(14)16(18)20-11-21-17;1-5-3-2-4-5;1-2-4-3-1/h5-9,11H,3-4,10H2,1-2H3,(H3,18,19,20,21);2-4H2,1H3;1-4H2. The fourth-order valence-corrected chi connectivity index (χ4v) is 5.21. The topological polar surface area (TPSA) is 106 Å². The third kappa shape index (κ3) is 7.37. The molecule has 8 nitrogen and oxygen atoms in total. The van der Waals surface area contributed by atoms with Crippen LogP contribution in [0.3, 0.4) is 0 Å². The van der Waals surface area contributed by atoms with E-state index in [0.717, 1.165) is 22.1 Å². The normalized spacial score (nSPS) is 15.4. The Bertz CT molecular complexity index is 1070. The molecular formula is C25H38N5O3P. The van der Waals surface area contributed by atoms with E-state index in [2.05, 4.69) is 26.9 Å². The van der Waals surface area contributed by atoms with E-state index >= 15 is 0 Å². The molecule has 1 saturated heterocycles. The number of nitrogen functional groups attached to an aromatic ring is 1. The van der Waals surface area contributed by atoms with Gasteiger partial charge in [0.15, 0.2) is 0 Å². The van der Waals surface area contributed by atoms with Crippen molar-refractivity contribution in [3.05, 3.63) is 42.4 Å². The van der Waals surface area contributed by atoms with Crippen LogP contribution in [0.1, 0.15) is 51.5 Å². The zero-order chi connectivity index (χ0) is 24.4. The van der Waals surface area contributed by atoms with E-state index in [0.29, 0.717) is 24.7 Å². The first kappa shape index (κ1) is 26.4. The van der Waals surface area contributed by atoms with Crippen molar-refractivity contribution in [2.45, 2.75) is 52.1 Å². The number of nitrogens with zero attached hydrogens (tertiary/aromatic N) is 3. The molecule has 1 aromatic carbocycles. The van der Waals surface area contributed by atoms with Gasteiger partial charge in [-0.15, -0.1) is 0 Å². The van der Waals surface area contributed by atoms with Crippen LogP contribution in [0.25, 0.3) is 22.2 Å². The molecule has 0 atom stereocenters. The number of likely N-dealkylation sites (tertiary alicyclic amines) is 1. The zero-order valence-electron chi connectivity index (χ0n) is 20.6. The summed E-state index contributed by atoms with van der Waals surface area (Å²) in [5.74, 6) is 0.418. The summed E-state index contributed by atoms with van der Waals surface area (Å²) in [5.41, 5.74) is 9.39. The molecular weight excluding hydrogens is 449 g/mol. The number of H-pyrrole nitrogens is 1. The van der Waals surface area contributed by atoms with Gasteiger partial charge in [0.25, 0.3) is 0 Å². The van der Waals surface area contributed by atoms with Crippen LogP contribution >= 0.6 is 7.60 Å². The molecule has 34 heavy (non-hydrogen) atoms. The van der Waals surface area contributed by atoms with E-state index in [-0.39, 0.29) is 6.16 Å². The van der Waals surface area contributed by atoms with Gasteiger partial charge < -0.3 is 24.7 Å². The minimum atomic E-state index is -3.15. The summed E-state index contributed by atoms with van der Waals surface area (Å²) in [6.07, 6.45) is 10.9. The maximum atomic E-state index is 12.8. The summed E-state index contributed by atoms with van der Waals surface area (Å²) in [6, 6.07) is 7.74. The Morgan fingerprint density at radius 2 is 1.71 bits per heavy atom. The second kappa shape index (κ2) is 13.0. The van der Waals surface area contributed by atoms with Gasteiger partial charge in [-0.05, 0) is 51.5 Å². The molecule has 1 aliphatic carbocycles. The van der Waals surface area contributed by atoms with Gasteiger partial charge in [-0.25, -0.2) is 9.97 Å². The molecule has 5 rings (SSSR count). The fourth-order valence-electron chi connectivity index (χ4n) is 3.52. The van der Waals surface area contributed by atoms with Gasteiger partial charge in [-0.3, -0.25) is 4.57 Å². The molecule has 9 heteroatoms. The van der Waals surface area contributed by atoms with Crippen molar-refractivity contribution in [1.82, 2.24) is 19.9 Å². The Morgan fingerprint density at radius 1 is 1.06 bits per heavy atom. The van der Waals surface area contributed by atoms with Crippen molar-refractivity contribution in [3.8, 4) is 11.1 Å². The lowest BCUT2D eigenvalue weighted by Crippen LogP contribution is -2.32. The molecule has 2 aliphatic rings. The smallest absolute Gasteiger partial charge is 0.335 e. The van der Waals surface area contributed by atoms with Crippen molar-refractivity contribution in [3.63, 3.8) is 0 Å². The number of anilines is 1. The van der Waals surface area contributed by atoms with Gasteiger partial charge in [0.2, 0.25) is 0 Å². The maximum absolute atomic E-state index is 12.8. The average molecular weight is 488 g/mol. The predicted molar refractivity (Wildman–Crippen MR) is 139 cm³/mol. The van der Waals surface area contributed by atoms with Crippen LogP contribution in [0.15, 0.2) is 36.8 Å². The highest BCUT2D eigenvalue weighted by atomic mass is 31.2. The molecule has 3 N–H and O–H groups in total. The molecule has 3 heterocycles. The number of nitrogens with one attached hydrogen (secondary N) is 1. The number of hydrogen-bond donors (Lipinski definition) is 2. The summed E-state index contributed by atoms with van der Waals surface area (Å²) in [7, 11) is -1.01. The van der Waals surface area contributed by atoms with E-state index < -0.39 is 7.60 Å². The number of nitrogens with two attached hydrogens (primary N) is 1. The highest BCUT2D eigenvalue weighted by Gasteiger charge is 2.24. The lowest BCUT2D eigenvalue weighted by atomic mass is 10.0. The Hall–Kier alpha value is -2.25. The van der Waals surface area contributed by atoms with Crippen molar-refractivity contribution in [1.29, 1.82) is 0 Å². The summed E-state index contributed by atoms with van der Waals surface area (Å²) < 4.78 is 23.5. The molecule has 1 aliphatic heterocycles. The van der Waals surface area contributed by atoms with Crippen LogP contribution in [0, 0.1) is 0 Å². The highest BCUT2D eigenvalue weighted by molar-refractivity contribution is 7.53. The molecule has 0 spiro atoms. The van der Waals surface area contributed by atoms with Gasteiger partial charge in [0.1, 0.15) is 17.8 Å². The van der Waals surface area contributed by atoms with E-state index in [1.54, 1.807) is 13.8 Å². The van der Waals surface area contributed by atoms with Gasteiger partial charge in [0, 0.05) is 11.8 Å². The number of fused-ring (bicyclic) bond motifs is 1. The number of benzene rings is 1. The van der Waals surface area contributed by atoms with Crippen LogP contribution < -0.4 is 5.73 Å². The van der Waals surface area contributed by atoms with E-state index in [4.69, 9.17) is 14.8 Å².